The van der Waals surface area contributed by atoms with Crippen LogP contribution in [0.1, 0.15) is 22.8 Å². The molecule has 0 aromatic heterocycles. The number of halogens is 1. The van der Waals surface area contributed by atoms with Crippen LogP contribution in [0, 0.1) is 10.1 Å². The lowest BCUT2D eigenvalue weighted by atomic mass is 10.2. The summed E-state index contributed by atoms with van der Waals surface area (Å²) in [4.78, 5) is 22.2. The third-order valence-electron chi connectivity index (χ3n) is 2.97. The van der Waals surface area contributed by atoms with Crippen LogP contribution in [0.4, 0.5) is 5.69 Å². The van der Waals surface area contributed by atoms with Gasteiger partial charge in [0.15, 0.2) is 0 Å². The van der Waals surface area contributed by atoms with Crippen LogP contribution in [0.3, 0.4) is 0 Å². The van der Waals surface area contributed by atoms with Gasteiger partial charge in [0.2, 0.25) is 0 Å². The van der Waals surface area contributed by atoms with Crippen LogP contribution in [0.2, 0.25) is 5.02 Å². The summed E-state index contributed by atoms with van der Waals surface area (Å²) in [6.07, 6.45) is 1.30. The zero-order valence-electron chi connectivity index (χ0n) is 12.7. The average molecular weight is 348 g/mol. The molecule has 0 spiro atoms. The van der Waals surface area contributed by atoms with E-state index in [-0.39, 0.29) is 10.7 Å². The Morgan fingerprint density at radius 1 is 1.33 bits per heavy atom. The quantitative estimate of drug-likeness (QED) is 0.492. The number of carbonyl (C=O) groups excluding carboxylic acids is 1. The molecule has 1 N–H and O–H groups in total. The van der Waals surface area contributed by atoms with Gasteiger partial charge in [0.05, 0.1) is 17.7 Å². The minimum atomic E-state index is -0.585. The summed E-state index contributed by atoms with van der Waals surface area (Å²) in [5, 5.41) is 14.6. The molecule has 0 unspecified atom stereocenters. The standard InChI is InChI=1S/C16H14ClN3O4/c1-2-24-13-6-4-12(5-7-13)16(21)19-18-10-11-3-8-14(17)15(9-11)20(22)23/h3-10H,2H2,1H3,(H,19,21)/b18-10-. The second kappa shape index (κ2) is 8.07. The molecule has 0 radical (unpaired) electrons. The largest absolute Gasteiger partial charge is 0.494 e. The van der Waals surface area contributed by atoms with Gasteiger partial charge in [-0.15, -0.1) is 0 Å². The van der Waals surface area contributed by atoms with E-state index >= 15 is 0 Å². The van der Waals surface area contributed by atoms with Gasteiger partial charge in [-0.1, -0.05) is 17.7 Å². The van der Waals surface area contributed by atoms with Crippen LogP contribution in [0.5, 0.6) is 5.75 Å². The predicted octanol–water partition coefficient (Wildman–Crippen LogP) is 3.41. The number of carbonyl (C=O) groups is 1. The number of hydrazone groups is 1. The molecule has 0 saturated heterocycles. The molecule has 0 aliphatic heterocycles. The molecule has 0 aliphatic rings. The zero-order chi connectivity index (χ0) is 17.5. The van der Waals surface area contributed by atoms with E-state index in [4.69, 9.17) is 16.3 Å². The number of benzene rings is 2. The number of ether oxygens (including phenoxy) is 1. The molecular weight excluding hydrogens is 334 g/mol. The fourth-order valence-corrected chi connectivity index (χ4v) is 2.04. The van der Waals surface area contributed by atoms with Crippen LogP contribution < -0.4 is 10.2 Å². The first kappa shape index (κ1) is 17.4. The van der Waals surface area contributed by atoms with E-state index in [0.717, 1.165) is 0 Å². The van der Waals surface area contributed by atoms with E-state index in [9.17, 15) is 14.9 Å². The summed E-state index contributed by atoms with van der Waals surface area (Å²) in [7, 11) is 0. The van der Waals surface area contributed by atoms with Gasteiger partial charge in [-0.05, 0) is 37.3 Å². The van der Waals surface area contributed by atoms with Crippen molar-refractivity contribution in [1.29, 1.82) is 0 Å². The van der Waals surface area contributed by atoms with Gasteiger partial charge >= 0.3 is 0 Å². The van der Waals surface area contributed by atoms with E-state index < -0.39 is 10.8 Å². The van der Waals surface area contributed by atoms with Crippen molar-refractivity contribution in [2.75, 3.05) is 6.61 Å². The Bertz CT molecular complexity index is 775. The smallest absolute Gasteiger partial charge is 0.288 e. The first-order valence-electron chi connectivity index (χ1n) is 7.01. The van der Waals surface area contributed by atoms with Crippen molar-refractivity contribution in [2.45, 2.75) is 6.92 Å². The molecular formula is C16H14ClN3O4. The summed E-state index contributed by atoms with van der Waals surface area (Å²) in [5.41, 5.74) is 2.98. The molecule has 2 rings (SSSR count). The fraction of sp³-hybridized carbons (Fsp3) is 0.125. The number of hydrogen-bond donors (Lipinski definition) is 1. The fourth-order valence-electron chi connectivity index (χ4n) is 1.85. The molecule has 8 heteroatoms. The highest BCUT2D eigenvalue weighted by molar-refractivity contribution is 6.32. The molecule has 0 aliphatic carbocycles. The lowest BCUT2D eigenvalue weighted by Gasteiger charge is -2.04. The van der Waals surface area contributed by atoms with Crippen LogP contribution in [0.15, 0.2) is 47.6 Å². The average Bonchev–Trinajstić information content (AvgIpc) is 2.57. The molecule has 7 nitrogen and oxygen atoms in total. The Kier molecular flexibility index (Phi) is 5.86. The summed E-state index contributed by atoms with van der Waals surface area (Å²) in [6.45, 7) is 2.42. The number of rotatable bonds is 6. The van der Waals surface area contributed by atoms with E-state index in [2.05, 4.69) is 10.5 Å². The number of nitro groups is 1. The number of nitro benzene ring substituents is 1. The van der Waals surface area contributed by atoms with Gasteiger partial charge in [-0.25, -0.2) is 5.43 Å². The minimum Gasteiger partial charge on any atom is -0.494 e. The highest BCUT2D eigenvalue weighted by Crippen LogP contribution is 2.24. The van der Waals surface area contributed by atoms with Gasteiger partial charge in [0, 0.05) is 17.2 Å². The molecule has 0 bridgehead atoms. The Morgan fingerprint density at radius 2 is 2.04 bits per heavy atom. The topological polar surface area (TPSA) is 93.8 Å². The maximum absolute atomic E-state index is 11.9. The highest BCUT2D eigenvalue weighted by Gasteiger charge is 2.12. The Balaban J connectivity index is 2.02. The van der Waals surface area contributed by atoms with Crippen molar-refractivity contribution in [3.63, 3.8) is 0 Å². The number of amides is 1. The molecule has 0 heterocycles. The van der Waals surface area contributed by atoms with Crippen LogP contribution in [-0.2, 0) is 0 Å². The Labute approximate surface area is 143 Å². The van der Waals surface area contributed by atoms with Crippen LogP contribution in [-0.4, -0.2) is 23.7 Å². The van der Waals surface area contributed by atoms with E-state index in [1.54, 1.807) is 30.3 Å². The molecule has 0 atom stereocenters. The van der Waals surface area contributed by atoms with E-state index in [1.165, 1.54) is 18.3 Å². The third kappa shape index (κ3) is 4.53. The lowest BCUT2D eigenvalue weighted by molar-refractivity contribution is -0.384. The maximum atomic E-state index is 11.9. The molecule has 124 valence electrons. The monoisotopic (exact) mass is 347 g/mol. The van der Waals surface area contributed by atoms with Gasteiger partial charge in [0.1, 0.15) is 10.8 Å². The normalized spacial score (nSPS) is 10.6. The molecule has 24 heavy (non-hydrogen) atoms. The van der Waals surface area contributed by atoms with Gasteiger partial charge < -0.3 is 4.74 Å². The van der Waals surface area contributed by atoms with Crippen molar-refractivity contribution < 1.29 is 14.5 Å². The SMILES string of the molecule is CCOc1ccc(C(=O)N/N=C\c2ccc(Cl)c([N+](=O)[O-])c2)cc1. The lowest BCUT2D eigenvalue weighted by Crippen LogP contribution is -2.17. The van der Waals surface area contributed by atoms with Crippen LogP contribution in [0.25, 0.3) is 0 Å². The zero-order valence-corrected chi connectivity index (χ0v) is 13.5. The van der Waals surface area contributed by atoms with Gasteiger partial charge in [-0.3, -0.25) is 14.9 Å². The van der Waals surface area contributed by atoms with Crippen LogP contribution >= 0.6 is 11.6 Å². The third-order valence-corrected chi connectivity index (χ3v) is 3.29. The Morgan fingerprint density at radius 3 is 2.67 bits per heavy atom. The first-order chi connectivity index (χ1) is 11.5. The van der Waals surface area contributed by atoms with E-state index in [0.29, 0.717) is 23.5 Å². The van der Waals surface area contributed by atoms with Crippen molar-refractivity contribution in [3.05, 3.63) is 68.7 Å². The predicted molar refractivity (Wildman–Crippen MR) is 90.8 cm³/mol. The van der Waals surface area contributed by atoms with E-state index in [1.807, 2.05) is 6.92 Å². The number of nitrogens with zero attached hydrogens (tertiary/aromatic N) is 2. The van der Waals surface area contributed by atoms with Crippen molar-refractivity contribution in [1.82, 2.24) is 5.43 Å². The second-order valence-electron chi connectivity index (χ2n) is 4.62. The first-order valence-corrected chi connectivity index (χ1v) is 7.39. The van der Waals surface area contributed by atoms with Gasteiger partial charge in [0.25, 0.3) is 11.6 Å². The Hall–Kier alpha value is -2.93. The molecule has 0 saturated carbocycles. The maximum Gasteiger partial charge on any atom is 0.288 e. The summed E-state index contributed by atoms with van der Waals surface area (Å²) >= 11 is 5.72. The molecule has 1 amide bonds. The molecule has 2 aromatic carbocycles. The second-order valence-corrected chi connectivity index (χ2v) is 5.03. The number of hydrogen-bond acceptors (Lipinski definition) is 5. The summed E-state index contributed by atoms with van der Waals surface area (Å²) < 4.78 is 5.29. The summed E-state index contributed by atoms with van der Waals surface area (Å²) in [6, 6.07) is 10.8. The van der Waals surface area contributed by atoms with Gasteiger partial charge in [-0.2, -0.15) is 5.10 Å². The minimum absolute atomic E-state index is 0.0376. The highest BCUT2D eigenvalue weighted by atomic mass is 35.5. The molecule has 0 fully saturated rings. The number of nitrogens with one attached hydrogen (secondary N) is 1. The van der Waals surface area contributed by atoms with Crippen molar-refractivity contribution in [2.24, 2.45) is 5.10 Å². The van der Waals surface area contributed by atoms with Crippen molar-refractivity contribution >= 4 is 29.4 Å². The van der Waals surface area contributed by atoms with Crippen molar-refractivity contribution in [3.8, 4) is 5.75 Å². The summed E-state index contributed by atoms with van der Waals surface area (Å²) in [5.74, 6) is 0.267. The molecule has 2 aromatic rings.